The van der Waals surface area contributed by atoms with Crippen molar-refractivity contribution in [2.75, 3.05) is 17.5 Å². The summed E-state index contributed by atoms with van der Waals surface area (Å²) in [5.41, 5.74) is 1.29. The zero-order chi connectivity index (χ0) is 16.5. The maximum absolute atomic E-state index is 12.7. The smallest absolute Gasteiger partial charge is 0.251 e. The summed E-state index contributed by atoms with van der Waals surface area (Å²) in [4.78, 5) is 12.0. The van der Waals surface area contributed by atoms with Gasteiger partial charge < -0.3 is 5.32 Å². The highest BCUT2D eigenvalue weighted by Gasteiger charge is 2.44. The molecule has 0 saturated heterocycles. The lowest BCUT2D eigenvalue weighted by molar-refractivity contribution is -0.108. The van der Waals surface area contributed by atoms with E-state index in [0.29, 0.717) is 11.3 Å². The molecule has 0 bridgehead atoms. The fraction of sp³-hybridized carbons (Fsp3) is 0.500. The van der Waals surface area contributed by atoms with Gasteiger partial charge in [0.15, 0.2) is 0 Å². The number of sulfonamides is 1. The molecule has 1 aliphatic carbocycles. The number of carbonyl (C=O) groups excluding carboxylic acids is 1. The Hall–Kier alpha value is -1.70. The van der Waals surface area contributed by atoms with Gasteiger partial charge in [0.2, 0.25) is 15.9 Å². The van der Waals surface area contributed by atoms with Crippen LogP contribution in [0.4, 0.5) is 14.5 Å². The summed E-state index contributed by atoms with van der Waals surface area (Å²) in [5.74, 6) is -3.23. The van der Waals surface area contributed by atoms with Crippen molar-refractivity contribution >= 4 is 21.6 Å². The van der Waals surface area contributed by atoms with Crippen molar-refractivity contribution in [2.45, 2.75) is 25.7 Å². The van der Waals surface area contributed by atoms with Crippen molar-refractivity contribution in [1.82, 2.24) is 5.32 Å². The zero-order valence-corrected chi connectivity index (χ0v) is 13.1. The minimum Gasteiger partial charge on any atom is -0.352 e. The summed E-state index contributed by atoms with van der Waals surface area (Å²) in [6, 6.07) is 4.62. The first-order valence-electron chi connectivity index (χ1n) is 6.80. The normalized spacial score (nSPS) is 17.6. The lowest BCUT2D eigenvalue weighted by Crippen LogP contribution is -2.42. The fourth-order valence-electron chi connectivity index (χ4n) is 2.34. The molecule has 22 heavy (non-hydrogen) atoms. The maximum Gasteiger partial charge on any atom is 0.251 e. The van der Waals surface area contributed by atoms with E-state index in [1.807, 2.05) is 0 Å². The van der Waals surface area contributed by atoms with Gasteiger partial charge in [0.25, 0.3) is 5.91 Å². The molecular formula is C14H18F2N2O3S. The minimum absolute atomic E-state index is 0.192. The van der Waals surface area contributed by atoms with Gasteiger partial charge in [-0.1, -0.05) is 6.07 Å². The average molecular weight is 332 g/mol. The number of hydrogen-bond donors (Lipinski definition) is 2. The van der Waals surface area contributed by atoms with Gasteiger partial charge in [-0.15, -0.1) is 0 Å². The van der Waals surface area contributed by atoms with Gasteiger partial charge >= 0.3 is 0 Å². The molecule has 122 valence electrons. The summed E-state index contributed by atoms with van der Waals surface area (Å²) in [7, 11) is -3.44. The molecular weight excluding hydrogens is 314 g/mol. The SMILES string of the molecule is Cc1ccc(C(=O)NCC2CC(F)(F)C2)cc1NS(C)(=O)=O. The third-order valence-corrected chi connectivity index (χ3v) is 4.11. The predicted molar refractivity (Wildman–Crippen MR) is 79.6 cm³/mol. The number of benzene rings is 1. The van der Waals surface area contributed by atoms with E-state index in [4.69, 9.17) is 0 Å². The first-order chi connectivity index (χ1) is 10.1. The zero-order valence-electron chi connectivity index (χ0n) is 12.3. The standard InChI is InChI=1S/C14H18F2N2O3S/c1-9-3-4-11(5-12(9)18-22(2,20)21)13(19)17-8-10-6-14(15,16)7-10/h3-5,10,18H,6-8H2,1-2H3,(H,17,19). The first-order valence-corrected chi connectivity index (χ1v) is 8.69. The van der Waals surface area contributed by atoms with Crippen LogP contribution in [-0.4, -0.2) is 33.0 Å². The molecule has 1 aromatic rings. The molecule has 0 unspecified atom stereocenters. The molecule has 2 rings (SSSR count). The Bertz CT molecular complexity index is 681. The van der Waals surface area contributed by atoms with Crippen LogP contribution in [0.3, 0.4) is 0 Å². The number of nitrogens with one attached hydrogen (secondary N) is 2. The Labute approximate surface area is 128 Å². The monoisotopic (exact) mass is 332 g/mol. The second-order valence-corrected chi connectivity index (χ2v) is 7.49. The van der Waals surface area contributed by atoms with Crippen molar-refractivity contribution in [3.63, 3.8) is 0 Å². The summed E-state index contributed by atoms with van der Waals surface area (Å²) in [6.45, 7) is 1.91. The largest absolute Gasteiger partial charge is 0.352 e. The number of aryl methyl sites for hydroxylation is 1. The lowest BCUT2D eigenvalue weighted by atomic mass is 9.81. The molecule has 0 aromatic heterocycles. The molecule has 1 aliphatic rings. The lowest BCUT2D eigenvalue weighted by Gasteiger charge is -2.34. The molecule has 1 amide bonds. The van der Waals surface area contributed by atoms with Gasteiger partial charge in [0.1, 0.15) is 0 Å². The van der Waals surface area contributed by atoms with Crippen LogP contribution < -0.4 is 10.0 Å². The van der Waals surface area contributed by atoms with Crippen molar-refractivity contribution in [1.29, 1.82) is 0 Å². The second-order valence-electron chi connectivity index (χ2n) is 5.74. The summed E-state index contributed by atoms with van der Waals surface area (Å²) in [5, 5.41) is 2.60. The molecule has 0 heterocycles. The van der Waals surface area contributed by atoms with Gasteiger partial charge in [0, 0.05) is 24.9 Å². The Morgan fingerprint density at radius 3 is 2.55 bits per heavy atom. The van der Waals surface area contributed by atoms with E-state index in [1.165, 1.54) is 6.07 Å². The molecule has 8 heteroatoms. The van der Waals surface area contributed by atoms with Gasteiger partial charge in [-0.25, -0.2) is 17.2 Å². The van der Waals surface area contributed by atoms with Gasteiger partial charge in [0.05, 0.1) is 11.9 Å². The van der Waals surface area contributed by atoms with Gasteiger partial charge in [-0.2, -0.15) is 0 Å². The molecule has 0 atom stereocenters. The van der Waals surface area contributed by atoms with E-state index in [1.54, 1.807) is 19.1 Å². The molecule has 1 fully saturated rings. The number of anilines is 1. The molecule has 0 aliphatic heterocycles. The molecule has 1 saturated carbocycles. The highest BCUT2D eigenvalue weighted by atomic mass is 32.2. The number of alkyl halides is 2. The number of halogens is 2. The Morgan fingerprint density at radius 2 is 2.00 bits per heavy atom. The fourth-order valence-corrected chi connectivity index (χ4v) is 2.96. The highest BCUT2D eigenvalue weighted by molar-refractivity contribution is 7.92. The summed E-state index contributed by atoms with van der Waals surface area (Å²) in [6.07, 6.45) is 0.611. The third kappa shape index (κ3) is 4.40. The molecule has 0 spiro atoms. The number of hydrogen-bond acceptors (Lipinski definition) is 3. The van der Waals surface area contributed by atoms with Gasteiger partial charge in [-0.3, -0.25) is 9.52 Å². The van der Waals surface area contributed by atoms with Crippen LogP contribution in [0, 0.1) is 12.8 Å². The molecule has 2 N–H and O–H groups in total. The Kier molecular flexibility index (Phi) is 4.42. The van der Waals surface area contributed by atoms with Crippen LogP contribution in [0.1, 0.15) is 28.8 Å². The second kappa shape index (κ2) is 5.83. The van der Waals surface area contributed by atoms with Crippen LogP contribution in [0.5, 0.6) is 0 Å². The van der Waals surface area contributed by atoms with E-state index in [0.717, 1.165) is 6.26 Å². The molecule has 1 aromatic carbocycles. The van der Waals surface area contributed by atoms with Crippen LogP contribution in [0.2, 0.25) is 0 Å². The van der Waals surface area contributed by atoms with Crippen molar-refractivity contribution in [3.8, 4) is 0 Å². The van der Waals surface area contributed by atoms with Crippen LogP contribution in [0.15, 0.2) is 18.2 Å². The maximum atomic E-state index is 12.7. The third-order valence-electron chi connectivity index (χ3n) is 3.52. The van der Waals surface area contributed by atoms with E-state index in [2.05, 4.69) is 10.0 Å². The van der Waals surface area contributed by atoms with Crippen molar-refractivity contribution in [2.24, 2.45) is 5.92 Å². The summed E-state index contributed by atoms with van der Waals surface area (Å²) >= 11 is 0. The summed E-state index contributed by atoms with van der Waals surface area (Å²) < 4.78 is 50.3. The van der Waals surface area contributed by atoms with Gasteiger partial charge in [-0.05, 0) is 30.5 Å². The Morgan fingerprint density at radius 1 is 1.36 bits per heavy atom. The highest BCUT2D eigenvalue weighted by Crippen LogP contribution is 2.41. The van der Waals surface area contributed by atoms with Crippen molar-refractivity contribution < 1.29 is 22.0 Å². The van der Waals surface area contributed by atoms with E-state index in [9.17, 15) is 22.0 Å². The predicted octanol–water partition coefficient (Wildman–Crippen LogP) is 2.14. The van der Waals surface area contributed by atoms with Crippen LogP contribution >= 0.6 is 0 Å². The molecule has 0 radical (unpaired) electrons. The number of carbonyl (C=O) groups is 1. The van der Waals surface area contributed by atoms with E-state index < -0.39 is 21.9 Å². The minimum atomic E-state index is -3.44. The van der Waals surface area contributed by atoms with E-state index >= 15 is 0 Å². The van der Waals surface area contributed by atoms with Crippen molar-refractivity contribution in [3.05, 3.63) is 29.3 Å². The van der Waals surface area contributed by atoms with Crippen LogP contribution in [0.25, 0.3) is 0 Å². The topological polar surface area (TPSA) is 75.3 Å². The number of rotatable bonds is 5. The quantitative estimate of drug-likeness (QED) is 0.867. The average Bonchev–Trinajstić information content (AvgIpc) is 2.34. The number of amides is 1. The van der Waals surface area contributed by atoms with Crippen LogP contribution in [-0.2, 0) is 10.0 Å². The molecule has 5 nitrogen and oxygen atoms in total. The van der Waals surface area contributed by atoms with E-state index in [-0.39, 0.29) is 30.9 Å². The first kappa shape index (κ1) is 16.7. The Balaban J connectivity index is 1.99.